The summed E-state index contributed by atoms with van der Waals surface area (Å²) in [5.74, 6) is 1.33. The third kappa shape index (κ3) is 2.45. The maximum Gasteiger partial charge on any atom is 0.201 e. The number of nitrogens with two attached hydrogens (primary N) is 1. The molecule has 0 radical (unpaired) electrons. The summed E-state index contributed by atoms with van der Waals surface area (Å²) in [5.41, 5.74) is 9.53. The Labute approximate surface area is 114 Å². The van der Waals surface area contributed by atoms with Gasteiger partial charge in [-0.1, -0.05) is 6.07 Å². The van der Waals surface area contributed by atoms with Gasteiger partial charge >= 0.3 is 0 Å². The fourth-order valence-electron chi connectivity index (χ4n) is 3.12. The van der Waals surface area contributed by atoms with Gasteiger partial charge in [0.25, 0.3) is 0 Å². The Bertz CT molecular complexity index is 587. The highest BCUT2D eigenvalue weighted by Crippen LogP contribution is 2.24. The van der Waals surface area contributed by atoms with E-state index in [1.54, 1.807) is 0 Å². The molecule has 0 spiro atoms. The van der Waals surface area contributed by atoms with E-state index < -0.39 is 0 Å². The minimum Gasteiger partial charge on any atom is -0.369 e. The number of fused-ring (bicyclic) bond motifs is 1. The van der Waals surface area contributed by atoms with Gasteiger partial charge in [0.05, 0.1) is 11.0 Å². The zero-order valence-corrected chi connectivity index (χ0v) is 11.8. The Balaban J connectivity index is 1.91. The second kappa shape index (κ2) is 4.85. The van der Waals surface area contributed by atoms with E-state index in [4.69, 9.17) is 5.73 Å². The summed E-state index contributed by atoms with van der Waals surface area (Å²) in [6.07, 6.45) is 2.57. The van der Waals surface area contributed by atoms with Crippen molar-refractivity contribution in [1.82, 2.24) is 14.5 Å². The molecule has 1 fully saturated rings. The van der Waals surface area contributed by atoms with Gasteiger partial charge in [0.1, 0.15) is 0 Å². The van der Waals surface area contributed by atoms with Gasteiger partial charge in [-0.25, -0.2) is 4.98 Å². The maximum atomic E-state index is 6.09. The Kier molecular flexibility index (Phi) is 3.19. The molecule has 2 aromatic rings. The van der Waals surface area contributed by atoms with Gasteiger partial charge in [-0.15, -0.1) is 0 Å². The Morgan fingerprint density at radius 3 is 3.05 bits per heavy atom. The van der Waals surface area contributed by atoms with E-state index in [1.165, 1.54) is 30.5 Å². The van der Waals surface area contributed by atoms with Gasteiger partial charge in [0, 0.05) is 13.1 Å². The third-order valence-corrected chi connectivity index (χ3v) is 4.10. The summed E-state index contributed by atoms with van der Waals surface area (Å²) < 4.78 is 2.19. The largest absolute Gasteiger partial charge is 0.369 e. The first kappa shape index (κ1) is 12.5. The average molecular weight is 258 g/mol. The van der Waals surface area contributed by atoms with Gasteiger partial charge in [0.15, 0.2) is 0 Å². The van der Waals surface area contributed by atoms with Crippen molar-refractivity contribution in [2.24, 2.45) is 5.92 Å². The van der Waals surface area contributed by atoms with Crippen LogP contribution in [0.4, 0.5) is 5.95 Å². The number of anilines is 1. The molecule has 0 amide bonds. The summed E-state index contributed by atoms with van der Waals surface area (Å²) in [5, 5.41) is 0. The van der Waals surface area contributed by atoms with Gasteiger partial charge in [-0.05, 0) is 57.0 Å². The number of imidazole rings is 1. The molecule has 1 aliphatic heterocycles. The van der Waals surface area contributed by atoms with Crippen LogP contribution in [0.1, 0.15) is 18.4 Å². The quantitative estimate of drug-likeness (QED) is 0.899. The molecule has 0 aliphatic carbocycles. The molecule has 0 saturated carbocycles. The highest BCUT2D eigenvalue weighted by atomic mass is 15.2. The topological polar surface area (TPSA) is 47.1 Å². The zero-order chi connectivity index (χ0) is 13.4. The van der Waals surface area contributed by atoms with E-state index >= 15 is 0 Å². The number of nitrogens with zero attached hydrogens (tertiary/aromatic N) is 3. The number of aryl methyl sites for hydroxylation is 1. The monoisotopic (exact) mass is 258 g/mol. The molecular weight excluding hydrogens is 236 g/mol. The van der Waals surface area contributed by atoms with Crippen LogP contribution < -0.4 is 5.73 Å². The van der Waals surface area contributed by atoms with Crippen molar-refractivity contribution in [2.75, 3.05) is 25.9 Å². The average Bonchev–Trinajstić information content (AvgIpc) is 2.66. The molecule has 1 aliphatic rings. The molecule has 4 nitrogen and oxygen atoms in total. The Morgan fingerprint density at radius 1 is 1.42 bits per heavy atom. The van der Waals surface area contributed by atoms with E-state index in [0.717, 1.165) is 18.6 Å². The first-order chi connectivity index (χ1) is 9.13. The molecule has 4 heteroatoms. The minimum atomic E-state index is 0.647. The van der Waals surface area contributed by atoms with Crippen LogP contribution in [0.5, 0.6) is 0 Å². The van der Waals surface area contributed by atoms with Crippen LogP contribution in [0, 0.1) is 12.8 Å². The number of rotatable bonds is 2. The molecule has 1 saturated heterocycles. The lowest BCUT2D eigenvalue weighted by molar-refractivity contribution is 0.196. The molecule has 2 N–H and O–H groups in total. The summed E-state index contributed by atoms with van der Waals surface area (Å²) in [6.45, 7) is 5.47. The predicted octanol–water partition coefficient (Wildman–Crippen LogP) is 2.27. The first-order valence-electron chi connectivity index (χ1n) is 7.04. The second-order valence-corrected chi connectivity index (χ2v) is 5.84. The van der Waals surface area contributed by atoms with Crippen LogP contribution in [-0.4, -0.2) is 34.6 Å². The summed E-state index contributed by atoms with van der Waals surface area (Å²) >= 11 is 0. The van der Waals surface area contributed by atoms with Crippen LogP contribution in [-0.2, 0) is 6.54 Å². The molecule has 0 bridgehead atoms. The number of likely N-dealkylation sites (tertiary alicyclic amines) is 1. The first-order valence-corrected chi connectivity index (χ1v) is 7.04. The SMILES string of the molecule is Cc1ccc2nc(N)n(CC3CCCN(C)C3)c2c1. The summed E-state index contributed by atoms with van der Waals surface area (Å²) in [6, 6.07) is 6.34. The normalized spacial score (nSPS) is 21.1. The minimum absolute atomic E-state index is 0.647. The van der Waals surface area contributed by atoms with Gasteiger partial charge in [-0.2, -0.15) is 0 Å². The highest BCUT2D eigenvalue weighted by Gasteiger charge is 2.19. The number of aromatic nitrogens is 2. The van der Waals surface area contributed by atoms with Crippen LogP contribution in [0.2, 0.25) is 0 Å². The number of benzene rings is 1. The van der Waals surface area contributed by atoms with Crippen LogP contribution in [0.15, 0.2) is 18.2 Å². The number of nitrogen functional groups attached to an aromatic ring is 1. The van der Waals surface area contributed by atoms with Crippen molar-refractivity contribution >= 4 is 17.0 Å². The number of piperidine rings is 1. The Hall–Kier alpha value is -1.55. The molecule has 1 atom stereocenters. The molecule has 1 unspecified atom stereocenters. The molecule has 102 valence electrons. The van der Waals surface area contributed by atoms with Gasteiger partial charge in [-0.3, -0.25) is 0 Å². The van der Waals surface area contributed by atoms with Crippen molar-refractivity contribution < 1.29 is 0 Å². The third-order valence-electron chi connectivity index (χ3n) is 4.10. The molecule has 3 rings (SSSR count). The number of hydrogen-bond donors (Lipinski definition) is 1. The van der Waals surface area contributed by atoms with Crippen molar-refractivity contribution in [2.45, 2.75) is 26.3 Å². The number of hydrogen-bond acceptors (Lipinski definition) is 3. The highest BCUT2D eigenvalue weighted by molar-refractivity contribution is 5.79. The lowest BCUT2D eigenvalue weighted by Crippen LogP contribution is -2.34. The lowest BCUT2D eigenvalue weighted by atomic mass is 9.98. The second-order valence-electron chi connectivity index (χ2n) is 5.84. The summed E-state index contributed by atoms with van der Waals surface area (Å²) in [4.78, 5) is 6.88. The van der Waals surface area contributed by atoms with E-state index in [9.17, 15) is 0 Å². The van der Waals surface area contributed by atoms with E-state index in [1.807, 2.05) is 0 Å². The molecule has 2 heterocycles. The van der Waals surface area contributed by atoms with Crippen molar-refractivity contribution in [3.63, 3.8) is 0 Å². The smallest absolute Gasteiger partial charge is 0.201 e. The van der Waals surface area contributed by atoms with Crippen molar-refractivity contribution in [3.8, 4) is 0 Å². The lowest BCUT2D eigenvalue weighted by Gasteiger charge is -2.30. The molecule has 1 aromatic carbocycles. The van der Waals surface area contributed by atoms with E-state index in [0.29, 0.717) is 11.9 Å². The Morgan fingerprint density at radius 2 is 2.26 bits per heavy atom. The van der Waals surface area contributed by atoms with Crippen molar-refractivity contribution in [1.29, 1.82) is 0 Å². The fraction of sp³-hybridized carbons (Fsp3) is 0.533. The van der Waals surface area contributed by atoms with Gasteiger partial charge in [0.2, 0.25) is 5.95 Å². The fourth-order valence-corrected chi connectivity index (χ4v) is 3.12. The van der Waals surface area contributed by atoms with E-state index in [-0.39, 0.29) is 0 Å². The molecular formula is C15H22N4. The van der Waals surface area contributed by atoms with Crippen LogP contribution >= 0.6 is 0 Å². The standard InChI is InChI=1S/C15H22N4/c1-11-5-6-13-14(8-11)19(15(16)17-13)10-12-4-3-7-18(2)9-12/h5-6,8,12H,3-4,7,9-10H2,1-2H3,(H2,16,17). The molecule has 1 aromatic heterocycles. The van der Waals surface area contributed by atoms with Gasteiger partial charge < -0.3 is 15.2 Å². The summed E-state index contributed by atoms with van der Waals surface area (Å²) in [7, 11) is 2.20. The van der Waals surface area contributed by atoms with Crippen molar-refractivity contribution in [3.05, 3.63) is 23.8 Å². The predicted molar refractivity (Wildman–Crippen MR) is 79.1 cm³/mol. The molecule has 19 heavy (non-hydrogen) atoms. The van der Waals surface area contributed by atoms with Crippen LogP contribution in [0.3, 0.4) is 0 Å². The van der Waals surface area contributed by atoms with Crippen LogP contribution in [0.25, 0.3) is 11.0 Å². The maximum absolute atomic E-state index is 6.09. The zero-order valence-electron chi connectivity index (χ0n) is 11.8. The van der Waals surface area contributed by atoms with E-state index in [2.05, 4.69) is 46.6 Å².